The number of amides is 1. The van der Waals surface area contributed by atoms with Crippen LogP contribution < -0.4 is 16.4 Å². The molecule has 0 aliphatic carbocycles. The Balaban J connectivity index is 1.38. The third kappa shape index (κ3) is 3.29. The van der Waals surface area contributed by atoms with E-state index in [0.717, 1.165) is 19.6 Å². The number of aromatic nitrogens is 3. The van der Waals surface area contributed by atoms with Gasteiger partial charge in [-0.05, 0) is 35.4 Å². The summed E-state index contributed by atoms with van der Waals surface area (Å²) in [5, 5.41) is 14.4. The molecule has 8 nitrogen and oxygen atoms in total. The SMILES string of the molecule is CCn1c2ccccc2c2cc(C[NH2+]CCNC(=O)c3nonc3N)ccc21. The first-order valence-electron chi connectivity index (χ1n) is 9.36. The average molecular weight is 379 g/mol. The maximum Gasteiger partial charge on any atom is 0.277 e. The van der Waals surface area contributed by atoms with Crippen LogP contribution in [0.25, 0.3) is 21.8 Å². The summed E-state index contributed by atoms with van der Waals surface area (Å²) in [6.07, 6.45) is 0. The summed E-state index contributed by atoms with van der Waals surface area (Å²) < 4.78 is 6.78. The second-order valence-electron chi connectivity index (χ2n) is 6.65. The first kappa shape index (κ1) is 18.0. The maximum atomic E-state index is 11.9. The van der Waals surface area contributed by atoms with E-state index in [1.807, 2.05) is 0 Å². The van der Waals surface area contributed by atoms with Crippen LogP contribution >= 0.6 is 0 Å². The number of nitrogens with one attached hydrogen (secondary N) is 1. The van der Waals surface area contributed by atoms with Gasteiger partial charge in [-0.15, -0.1) is 0 Å². The minimum atomic E-state index is -0.374. The van der Waals surface area contributed by atoms with Crippen LogP contribution in [0.15, 0.2) is 47.1 Å². The predicted octanol–water partition coefficient (Wildman–Crippen LogP) is 1.27. The molecule has 2 aromatic carbocycles. The number of aryl methyl sites for hydroxylation is 1. The third-order valence-corrected chi connectivity index (χ3v) is 4.90. The molecule has 28 heavy (non-hydrogen) atoms. The fraction of sp³-hybridized carbons (Fsp3) is 0.250. The van der Waals surface area contributed by atoms with Crippen molar-refractivity contribution in [1.82, 2.24) is 20.2 Å². The van der Waals surface area contributed by atoms with Gasteiger partial charge in [0.15, 0.2) is 0 Å². The molecule has 0 saturated heterocycles. The first-order chi connectivity index (χ1) is 13.7. The maximum absolute atomic E-state index is 11.9. The highest BCUT2D eigenvalue weighted by Crippen LogP contribution is 2.29. The largest absolute Gasteiger partial charge is 0.379 e. The number of fused-ring (bicyclic) bond motifs is 3. The Bertz CT molecular complexity index is 1130. The average Bonchev–Trinajstić information content (AvgIpc) is 3.28. The number of rotatable bonds is 7. The molecule has 0 unspecified atom stereocenters. The third-order valence-electron chi connectivity index (χ3n) is 4.90. The molecule has 0 atom stereocenters. The summed E-state index contributed by atoms with van der Waals surface area (Å²) in [5.41, 5.74) is 9.32. The van der Waals surface area contributed by atoms with Crippen LogP contribution in [0.3, 0.4) is 0 Å². The summed E-state index contributed by atoms with van der Waals surface area (Å²) in [5.74, 6) is -0.373. The second-order valence-corrected chi connectivity index (χ2v) is 6.65. The molecule has 0 saturated carbocycles. The normalized spacial score (nSPS) is 11.3. The molecule has 0 bridgehead atoms. The molecule has 5 N–H and O–H groups in total. The molecular weight excluding hydrogens is 356 g/mol. The highest BCUT2D eigenvalue weighted by atomic mass is 16.6. The first-order valence-corrected chi connectivity index (χ1v) is 9.36. The lowest BCUT2D eigenvalue weighted by molar-refractivity contribution is -0.668. The number of benzene rings is 2. The van der Waals surface area contributed by atoms with E-state index in [9.17, 15) is 4.79 Å². The predicted molar refractivity (Wildman–Crippen MR) is 107 cm³/mol. The van der Waals surface area contributed by atoms with E-state index >= 15 is 0 Å². The van der Waals surface area contributed by atoms with Crippen molar-refractivity contribution in [2.24, 2.45) is 0 Å². The Morgan fingerprint density at radius 1 is 1.18 bits per heavy atom. The van der Waals surface area contributed by atoms with Gasteiger partial charge in [-0.3, -0.25) is 4.79 Å². The Morgan fingerprint density at radius 2 is 2.00 bits per heavy atom. The highest BCUT2D eigenvalue weighted by Gasteiger charge is 2.15. The molecule has 0 radical (unpaired) electrons. The van der Waals surface area contributed by atoms with Crippen LogP contribution in [0.2, 0.25) is 0 Å². The topological polar surface area (TPSA) is 116 Å². The van der Waals surface area contributed by atoms with E-state index < -0.39 is 0 Å². The highest BCUT2D eigenvalue weighted by molar-refractivity contribution is 6.08. The summed E-state index contributed by atoms with van der Waals surface area (Å²) in [6, 6.07) is 15.1. The molecule has 8 heteroatoms. The number of nitrogens with zero attached hydrogens (tertiary/aromatic N) is 3. The minimum absolute atomic E-state index is 0.000949. The molecule has 144 valence electrons. The number of hydrogen-bond acceptors (Lipinski definition) is 5. The lowest BCUT2D eigenvalue weighted by Gasteiger charge is -2.05. The van der Waals surface area contributed by atoms with Gasteiger partial charge in [-0.2, -0.15) is 0 Å². The van der Waals surface area contributed by atoms with Crippen LogP contribution in [0.4, 0.5) is 5.82 Å². The van der Waals surface area contributed by atoms with Crippen molar-refractivity contribution in [3.05, 3.63) is 53.7 Å². The van der Waals surface area contributed by atoms with E-state index in [-0.39, 0.29) is 17.4 Å². The fourth-order valence-corrected chi connectivity index (χ4v) is 3.56. The molecule has 2 aromatic heterocycles. The van der Waals surface area contributed by atoms with Crippen LogP contribution in [0.1, 0.15) is 23.0 Å². The zero-order valence-electron chi connectivity index (χ0n) is 15.7. The summed E-state index contributed by atoms with van der Waals surface area (Å²) in [4.78, 5) is 11.9. The molecular formula is C20H23N6O2+. The van der Waals surface area contributed by atoms with E-state index in [1.54, 1.807) is 0 Å². The number of carbonyl (C=O) groups is 1. The monoisotopic (exact) mass is 379 g/mol. The molecule has 0 aliphatic heterocycles. The van der Waals surface area contributed by atoms with Gasteiger partial charge in [0.1, 0.15) is 6.54 Å². The molecule has 0 spiro atoms. The van der Waals surface area contributed by atoms with Gasteiger partial charge >= 0.3 is 0 Å². The smallest absolute Gasteiger partial charge is 0.277 e. The zero-order valence-corrected chi connectivity index (χ0v) is 15.7. The van der Waals surface area contributed by atoms with Gasteiger partial charge in [0.25, 0.3) is 5.91 Å². The van der Waals surface area contributed by atoms with Crippen molar-refractivity contribution in [3.63, 3.8) is 0 Å². The number of quaternary nitrogens is 1. The van der Waals surface area contributed by atoms with E-state index in [2.05, 4.69) is 79.5 Å². The number of nitrogens with two attached hydrogens (primary N) is 2. The number of anilines is 1. The van der Waals surface area contributed by atoms with Gasteiger partial charge in [-0.25, -0.2) is 4.63 Å². The van der Waals surface area contributed by atoms with E-state index in [0.29, 0.717) is 6.54 Å². The number of hydrogen-bond donors (Lipinski definition) is 3. The van der Waals surface area contributed by atoms with Crippen LogP contribution in [0.5, 0.6) is 0 Å². The van der Waals surface area contributed by atoms with E-state index in [4.69, 9.17) is 5.73 Å². The quantitative estimate of drug-likeness (QED) is 0.418. The van der Waals surface area contributed by atoms with Crippen molar-refractivity contribution in [2.45, 2.75) is 20.0 Å². The number of para-hydroxylation sites is 1. The van der Waals surface area contributed by atoms with Crippen molar-refractivity contribution in [3.8, 4) is 0 Å². The molecule has 0 fully saturated rings. The number of nitrogen functional groups attached to an aromatic ring is 1. The van der Waals surface area contributed by atoms with Gasteiger partial charge in [-0.1, -0.05) is 24.3 Å². The number of carbonyl (C=O) groups excluding carboxylic acids is 1. The fourth-order valence-electron chi connectivity index (χ4n) is 3.56. The summed E-state index contributed by atoms with van der Waals surface area (Å²) in [6.45, 7) is 5.20. The van der Waals surface area contributed by atoms with Crippen LogP contribution in [0, 0.1) is 0 Å². The standard InChI is InChI=1S/C20H22N6O2/c1-2-26-16-6-4-3-5-14(16)15-11-13(7-8-17(15)26)12-22-9-10-23-20(27)18-19(21)25-28-24-18/h3-8,11,22H,2,9-10,12H2,1H3,(H2,21,25)(H,23,27)/p+1. The van der Waals surface area contributed by atoms with Crippen LogP contribution in [-0.4, -0.2) is 33.9 Å². The second kappa shape index (κ2) is 7.69. The van der Waals surface area contributed by atoms with E-state index in [1.165, 1.54) is 27.4 Å². The Hall–Kier alpha value is -3.39. The van der Waals surface area contributed by atoms with Crippen molar-refractivity contribution >= 4 is 33.5 Å². The molecule has 0 aliphatic rings. The van der Waals surface area contributed by atoms with Gasteiger partial charge in [0, 0.05) is 33.9 Å². The van der Waals surface area contributed by atoms with Crippen molar-refractivity contribution in [2.75, 3.05) is 18.8 Å². The zero-order chi connectivity index (χ0) is 19.5. The Labute approximate surface area is 161 Å². The molecule has 4 aromatic rings. The van der Waals surface area contributed by atoms with Crippen molar-refractivity contribution < 1.29 is 14.7 Å². The van der Waals surface area contributed by atoms with Crippen LogP contribution in [-0.2, 0) is 13.1 Å². The van der Waals surface area contributed by atoms with Crippen molar-refractivity contribution in [1.29, 1.82) is 0 Å². The van der Waals surface area contributed by atoms with Gasteiger partial charge in [0.05, 0.1) is 13.1 Å². The summed E-state index contributed by atoms with van der Waals surface area (Å²) >= 11 is 0. The molecule has 2 heterocycles. The Kier molecular flexibility index (Phi) is 4.94. The Morgan fingerprint density at radius 3 is 2.79 bits per heavy atom. The van der Waals surface area contributed by atoms with Gasteiger partial charge in [0.2, 0.25) is 11.5 Å². The minimum Gasteiger partial charge on any atom is -0.379 e. The summed E-state index contributed by atoms with van der Waals surface area (Å²) in [7, 11) is 0. The van der Waals surface area contributed by atoms with Gasteiger partial charge < -0.3 is 20.9 Å². The molecule has 4 rings (SSSR count). The lowest BCUT2D eigenvalue weighted by Crippen LogP contribution is -2.84. The molecule has 1 amide bonds. The lowest BCUT2D eigenvalue weighted by atomic mass is 10.1.